The topological polar surface area (TPSA) is 3.24 Å². The third-order valence-corrected chi connectivity index (χ3v) is 6.25. The second-order valence-electron chi connectivity index (χ2n) is 7.67. The Morgan fingerprint density at radius 1 is 1.05 bits per heavy atom. The Balaban J connectivity index is 1.77. The van der Waals surface area contributed by atoms with E-state index in [1.165, 1.54) is 69.3 Å². The van der Waals surface area contributed by atoms with Crippen LogP contribution in [0.25, 0.3) is 0 Å². The highest BCUT2D eigenvalue weighted by Gasteiger charge is 2.35. The number of likely N-dealkylation sites (N-methyl/N-ethyl adjacent to an activating group) is 1. The van der Waals surface area contributed by atoms with E-state index in [1.54, 1.807) is 5.56 Å². The van der Waals surface area contributed by atoms with Crippen molar-refractivity contribution in [3.05, 3.63) is 35.9 Å². The number of hydrogen-bond acceptors (Lipinski definition) is 1. The van der Waals surface area contributed by atoms with Crippen molar-refractivity contribution in [2.75, 3.05) is 39.8 Å². The van der Waals surface area contributed by atoms with Crippen LogP contribution in [0.5, 0.6) is 0 Å². The van der Waals surface area contributed by atoms with Crippen molar-refractivity contribution in [3.8, 4) is 0 Å². The van der Waals surface area contributed by atoms with Crippen molar-refractivity contribution in [2.24, 2.45) is 5.92 Å². The van der Waals surface area contributed by atoms with Crippen LogP contribution in [0.1, 0.15) is 50.6 Å². The van der Waals surface area contributed by atoms with E-state index in [2.05, 4.69) is 49.2 Å². The van der Waals surface area contributed by atoms with Crippen LogP contribution in [0.3, 0.4) is 0 Å². The molecule has 0 aromatic heterocycles. The maximum atomic E-state index is 2.81. The average Bonchev–Trinajstić information content (AvgIpc) is 2.59. The summed E-state index contributed by atoms with van der Waals surface area (Å²) in [6, 6.07) is 12.0. The summed E-state index contributed by atoms with van der Waals surface area (Å²) < 4.78 is 1.25. The Hall–Kier alpha value is -0.860. The van der Waals surface area contributed by atoms with Crippen LogP contribution >= 0.6 is 0 Å². The molecule has 2 aliphatic rings. The van der Waals surface area contributed by atoms with Gasteiger partial charge in [0, 0.05) is 19.1 Å². The second kappa shape index (κ2) is 7.14. The molecular formula is C20H33N2+. The van der Waals surface area contributed by atoms with Gasteiger partial charge in [-0.25, -0.2) is 0 Å². The molecule has 1 saturated heterocycles. The summed E-state index contributed by atoms with van der Waals surface area (Å²) in [4.78, 5) is 2.81. The summed E-state index contributed by atoms with van der Waals surface area (Å²) in [6.07, 6.45) is 7.17. The molecule has 0 amide bonds. The quantitative estimate of drug-likeness (QED) is 0.757. The molecule has 122 valence electrons. The van der Waals surface area contributed by atoms with Crippen molar-refractivity contribution >= 4 is 0 Å². The highest BCUT2D eigenvalue weighted by Crippen LogP contribution is 2.39. The van der Waals surface area contributed by atoms with Gasteiger partial charge in [-0.15, -0.1) is 0 Å². The van der Waals surface area contributed by atoms with Crippen molar-refractivity contribution in [3.63, 3.8) is 0 Å². The van der Waals surface area contributed by atoms with Crippen molar-refractivity contribution in [2.45, 2.75) is 45.1 Å². The Kier molecular flexibility index (Phi) is 5.20. The van der Waals surface area contributed by atoms with E-state index in [0.717, 1.165) is 5.92 Å². The minimum atomic E-state index is 0.659. The number of nitrogens with zero attached hydrogens (tertiary/aromatic N) is 2. The summed E-state index contributed by atoms with van der Waals surface area (Å²) in [5.41, 5.74) is 1.56. The molecule has 1 heterocycles. The minimum absolute atomic E-state index is 0.659. The van der Waals surface area contributed by atoms with Gasteiger partial charge in [0.1, 0.15) is 0 Å². The molecule has 22 heavy (non-hydrogen) atoms. The SMILES string of the molecule is CC[N+]1(C)CCN(C(c2ccccc2)C2CCCCC2)CC1. The van der Waals surface area contributed by atoms with Crippen LogP contribution in [0.15, 0.2) is 30.3 Å². The zero-order valence-electron chi connectivity index (χ0n) is 14.5. The molecule has 0 radical (unpaired) electrons. The lowest BCUT2D eigenvalue weighted by molar-refractivity contribution is -0.912. The molecule has 1 aromatic rings. The van der Waals surface area contributed by atoms with Gasteiger partial charge in [0.25, 0.3) is 0 Å². The third kappa shape index (κ3) is 3.55. The molecule has 2 heteroatoms. The van der Waals surface area contributed by atoms with Crippen LogP contribution in [-0.4, -0.2) is 49.2 Å². The standard InChI is InChI=1S/C20H33N2/c1-3-22(2)16-14-21(15-17-22)20(18-10-6-4-7-11-18)19-12-8-5-9-13-19/h4,6-7,10-11,19-20H,3,5,8-9,12-17H2,1-2H3/q+1. The van der Waals surface area contributed by atoms with Gasteiger partial charge in [-0.05, 0) is 31.2 Å². The van der Waals surface area contributed by atoms with Crippen LogP contribution in [0.4, 0.5) is 0 Å². The minimum Gasteiger partial charge on any atom is -0.324 e. The number of benzene rings is 1. The van der Waals surface area contributed by atoms with Gasteiger partial charge >= 0.3 is 0 Å². The lowest BCUT2D eigenvalue weighted by atomic mass is 9.80. The molecule has 0 spiro atoms. The zero-order valence-corrected chi connectivity index (χ0v) is 14.5. The van der Waals surface area contributed by atoms with Gasteiger partial charge in [0.05, 0.1) is 26.7 Å². The number of hydrogen-bond donors (Lipinski definition) is 0. The largest absolute Gasteiger partial charge is 0.324 e. The average molecular weight is 301 g/mol. The predicted octanol–water partition coefficient (Wildman–Crippen LogP) is 4.09. The Bertz CT molecular complexity index is 442. The molecule has 3 rings (SSSR count). The molecule has 1 aliphatic carbocycles. The summed E-state index contributed by atoms with van der Waals surface area (Å²) in [6.45, 7) is 8.76. The smallest absolute Gasteiger partial charge is 0.0914 e. The van der Waals surface area contributed by atoms with Gasteiger partial charge in [-0.1, -0.05) is 49.6 Å². The molecule has 1 unspecified atom stereocenters. The van der Waals surface area contributed by atoms with Crippen LogP contribution in [-0.2, 0) is 0 Å². The Morgan fingerprint density at radius 3 is 2.27 bits per heavy atom. The first-order valence-corrected chi connectivity index (χ1v) is 9.34. The van der Waals surface area contributed by atoms with E-state index in [9.17, 15) is 0 Å². The van der Waals surface area contributed by atoms with E-state index in [-0.39, 0.29) is 0 Å². The van der Waals surface area contributed by atoms with Gasteiger partial charge in [-0.2, -0.15) is 0 Å². The highest BCUT2D eigenvalue weighted by molar-refractivity contribution is 5.20. The van der Waals surface area contributed by atoms with Crippen LogP contribution in [0, 0.1) is 5.92 Å². The van der Waals surface area contributed by atoms with Crippen LogP contribution in [0.2, 0.25) is 0 Å². The fourth-order valence-corrected chi connectivity index (χ4v) is 4.44. The van der Waals surface area contributed by atoms with E-state index in [1.807, 2.05) is 0 Å². The predicted molar refractivity (Wildman–Crippen MR) is 93.8 cm³/mol. The molecule has 1 aliphatic heterocycles. The first-order chi connectivity index (χ1) is 10.7. The highest BCUT2D eigenvalue weighted by atomic mass is 15.4. The van der Waals surface area contributed by atoms with E-state index in [4.69, 9.17) is 0 Å². The van der Waals surface area contributed by atoms with E-state index < -0.39 is 0 Å². The Labute approximate surface area is 136 Å². The molecule has 1 saturated carbocycles. The van der Waals surface area contributed by atoms with Gasteiger partial charge in [0.2, 0.25) is 0 Å². The fourth-order valence-electron chi connectivity index (χ4n) is 4.44. The molecule has 0 bridgehead atoms. The number of quaternary nitrogens is 1. The van der Waals surface area contributed by atoms with Gasteiger partial charge in [0.15, 0.2) is 0 Å². The molecule has 0 N–H and O–H groups in total. The number of piperazine rings is 1. The van der Waals surface area contributed by atoms with Gasteiger partial charge < -0.3 is 4.48 Å². The normalized spacial score (nSPS) is 25.0. The number of rotatable bonds is 4. The summed E-state index contributed by atoms with van der Waals surface area (Å²) in [5.74, 6) is 0.870. The first kappa shape index (κ1) is 16.0. The van der Waals surface area contributed by atoms with Crippen LogP contribution < -0.4 is 0 Å². The molecule has 2 nitrogen and oxygen atoms in total. The summed E-state index contributed by atoms with van der Waals surface area (Å²) >= 11 is 0. The lowest BCUT2D eigenvalue weighted by Gasteiger charge is -2.46. The third-order valence-electron chi connectivity index (χ3n) is 6.25. The van der Waals surface area contributed by atoms with Crippen molar-refractivity contribution in [1.29, 1.82) is 0 Å². The summed E-state index contributed by atoms with van der Waals surface area (Å²) in [7, 11) is 2.43. The van der Waals surface area contributed by atoms with Crippen molar-refractivity contribution in [1.82, 2.24) is 4.90 Å². The van der Waals surface area contributed by atoms with E-state index >= 15 is 0 Å². The Morgan fingerprint density at radius 2 is 1.68 bits per heavy atom. The summed E-state index contributed by atoms with van der Waals surface area (Å²) in [5, 5.41) is 0. The van der Waals surface area contributed by atoms with E-state index in [0.29, 0.717) is 6.04 Å². The first-order valence-electron chi connectivity index (χ1n) is 9.34. The maximum absolute atomic E-state index is 2.81. The maximum Gasteiger partial charge on any atom is 0.0914 e. The zero-order chi connectivity index (χ0) is 15.4. The van der Waals surface area contributed by atoms with Gasteiger partial charge in [-0.3, -0.25) is 4.90 Å². The molecule has 1 atom stereocenters. The molecular weight excluding hydrogens is 268 g/mol. The fraction of sp³-hybridized carbons (Fsp3) is 0.700. The molecule has 1 aromatic carbocycles. The van der Waals surface area contributed by atoms with Crippen molar-refractivity contribution < 1.29 is 4.48 Å². The second-order valence-corrected chi connectivity index (χ2v) is 7.67. The lowest BCUT2D eigenvalue weighted by Crippen LogP contribution is -2.58. The monoisotopic (exact) mass is 301 g/mol. The molecule has 2 fully saturated rings.